The Morgan fingerprint density at radius 2 is 1.90 bits per heavy atom. The van der Waals surface area contributed by atoms with Crippen LogP contribution in [0.2, 0.25) is 0 Å². The minimum atomic E-state index is -0.909. The molecule has 4 N–H and O–H groups in total. The van der Waals surface area contributed by atoms with E-state index in [1.807, 2.05) is 0 Å². The highest BCUT2D eigenvalue weighted by atomic mass is 32.2. The van der Waals surface area contributed by atoms with Crippen LogP contribution in [0.5, 0.6) is 0 Å². The van der Waals surface area contributed by atoms with Gasteiger partial charge in [-0.25, -0.2) is 9.59 Å². The lowest BCUT2D eigenvalue weighted by atomic mass is 9.91. The number of carboxylic acid groups (broad SMARTS) is 1. The Bertz CT molecular complexity index is 430. The van der Waals surface area contributed by atoms with Crippen molar-refractivity contribution in [1.29, 1.82) is 0 Å². The third-order valence-electron chi connectivity index (χ3n) is 4.71. The molecule has 7 heteroatoms. The summed E-state index contributed by atoms with van der Waals surface area (Å²) >= 11 is 1.60. The lowest BCUT2D eigenvalue weighted by Gasteiger charge is -2.33. The first-order valence-corrected chi connectivity index (χ1v) is 8.81. The van der Waals surface area contributed by atoms with Crippen LogP contribution in [0.1, 0.15) is 38.5 Å². The zero-order valence-electron chi connectivity index (χ0n) is 12.0. The molecule has 3 aliphatic rings. The van der Waals surface area contributed by atoms with Crippen LogP contribution in [0.15, 0.2) is 0 Å². The molecule has 6 nitrogen and oxygen atoms in total. The first kappa shape index (κ1) is 15.0. The number of carbonyl (C=O) groups excluding carboxylic acids is 1. The molecule has 21 heavy (non-hydrogen) atoms. The maximum absolute atomic E-state index is 12.6. The van der Waals surface area contributed by atoms with Crippen LogP contribution in [0.25, 0.3) is 0 Å². The highest BCUT2D eigenvalue weighted by Crippen LogP contribution is 2.45. The molecule has 0 aromatic heterocycles. The average Bonchev–Trinajstić information content (AvgIpc) is 3.19. The van der Waals surface area contributed by atoms with Gasteiger partial charge in [-0.05, 0) is 31.6 Å². The van der Waals surface area contributed by atoms with Gasteiger partial charge in [-0.3, -0.25) is 4.90 Å². The van der Waals surface area contributed by atoms with E-state index in [1.165, 1.54) is 0 Å². The first-order chi connectivity index (χ1) is 10.1. The number of carbonyl (C=O) groups is 2. The van der Waals surface area contributed by atoms with Gasteiger partial charge in [0.05, 0.1) is 5.37 Å². The number of thioether (sulfide) groups is 1. The van der Waals surface area contributed by atoms with Crippen LogP contribution in [-0.4, -0.2) is 51.3 Å². The van der Waals surface area contributed by atoms with Crippen LogP contribution in [-0.2, 0) is 4.79 Å². The number of hydrogen-bond donors (Lipinski definition) is 3. The molecule has 2 aliphatic carbocycles. The number of hydrogen-bond acceptors (Lipinski definition) is 4. The van der Waals surface area contributed by atoms with Gasteiger partial charge in [-0.2, -0.15) is 0 Å². The van der Waals surface area contributed by atoms with Gasteiger partial charge in [0, 0.05) is 17.8 Å². The molecular weight excluding hydrogens is 290 g/mol. The predicted molar refractivity (Wildman–Crippen MR) is 81.0 cm³/mol. The summed E-state index contributed by atoms with van der Waals surface area (Å²) in [7, 11) is 0. The number of urea groups is 1. The van der Waals surface area contributed by atoms with Crippen molar-refractivity contribution in [2.24, 2.45) is 11.7 Å². The molecule has 3 fully saturated rings. The lowest BCUT2D eigenvalue weighted by Crippen LogP contribution is -2.57. The molecule has 4 unspecified atom stereocenters. The second-order valence-electron chi connectivity index (χ2n) is 6.33. The van der Waals surface area contributed by atoms with E-state index in [0.717, 1.165) is 38.5 Å². The molecule has 1 saturated heterocycles. The Balaban J connectivity index is 1.68. The maximum atomic E-state index is 12.6. The molecule has 2 amide bonds. The first-order valence-electron chi connectivity index (χ1n) is 7.76. The van der Waals surface area contributed by atoms with E-state index in [4.69, 9.17) is 5.73 Å². The summed E-state index contributed by atoms with van der Waals surface area (Å²) in [5, 5.41) is 12.4. The maximum Gasteiger partial charge on any atom is 0.327 e. The molecule has 4 atom stereocenters. The van der Waals surface area contributed by atoms with E-state index in [0.29, 0.717) is 11.7 Å². The fourth-order valence-corrected chi connectivity index (χ4v) is 4.92. The SMILES string of the molecule is NC1CCCCC1NC(=O)N1C(C(=O)O)CSC1C1CC1. The molecule has 1 heterocycles. The molecule has 1 aliphatic heterocycles. The normalized spacial score (nSPS) is 36.5. The van der Waals surface area contributed by atoms with Crippen molar-refractivity contribution in [1.82, 2.24) is 10.2 Å². The standard InChI is InChI=1S/C14H23N3O3S/c15-9-3-1-2-4-10(9)16-14(20)17-11(13(18)19)7-21-12(17)8-5-6-8/h8-12H,1-7,15H2,(H,16,20)(H,18,19). The van der Waals surface area contributed by atoms with Crippen LogP contribution in [0.4, 0.5) is 4.79 Å². The number of nitrogens with two attached hydrogens (primary N) is 1. The third-order valence-corrected chi connectivity index (χ3v) is 6.17. The van der Waals surface area contributed by atoms with Gasteiger partial charge < -0.3 is 16.2 Å². The second kappa shape index (κ2) is 6.04. The minimum Gasteiger partial charge on any atom is -0.480 e. The molecule has 2 saturated carbocycles. The second-order valence-corrected chi connectivity index (χ2v) is 7.48. The van der Waals surface area contributed by atoms with Gasteiger partial charge in [-0.1, -0.05) is 12.8 Å². The fraction of sp³-hybridized carbons (Fsp3) is 0.857. The van der Waals surface area contributed by atoms with E-state index in [2.05, 4.69) is 5.32 Å². The minimum absolute atomic E-state index is 0.0133. The van der Waals surface area contributed by atoms with Crippen molar-refractivity contribution in [3.05, 3.63) is 0 Å². The summed E-state index contributed by atoms with van der Waals surface area (Å²) in [6.07, 6.45) is 6.18. The van der Waals surface area contributed by atoms with E-state index in [1.54, 1.807) is 16.7 Å². The molecule has 0 bridgehead atoms. The summed E-state index contributed by atoms with van der Waals surface area (Å²) in [6, 6.07) is -0.987. The van der Waals surface area contributed by atoms with Gasteiger partial charge in [-0.15, -0.1) is 11.8 Å². The van der Waals surface area contributed by atoms with E-state index in [9.17, 15) is 14.7 Å². The molecule has 118 valence electrons. The van der Waals surface area contributed by atoms with Crippen molar-refractivity contribution in [2.75, 3.05) is 5.75 Å². The van der Waals surface area contributed by atoms with Crippen molar-refractivity contribution < 1.29 is 14.7 Å². The van der Waals surface area contributed by atoms with Gasteiger partial charge in [0.2, 0.25) is 0 Å². The summed E-state index contributed by atoms with van der Waals surface area (Å²) in [6.45, 7) is 0. The largest absolute Gasteiger partial charge is 0.480 e. The van der Waals surface area contributed by atoms with Crippen LogP contribution in [0.3, 0.4) is 0 Å². The number of carboxylic acids is 1. The van der Waals surface area contributed by atoms with E-state index in [-0.39, 0.29) is 23.5 Å². The number of nitrogens with one attached hydrogen (secondary N) is 1. The Kier molecular flexibility index (Phi) is 4.31. The number of amides is 2. The van der Waals surface area contributed by atoms with Crippen LogP contribution in [0, 0.1) is 5.92 Å². The Morgan fingerprint density at radius 3 is 2.52 bits per heavy atom. The fourth-order valence-electron chi connectivity index (χ4n) is 3.29. The van der Waals surface area contributed by atoms with Gasteiger partial charge in [0.1, 0.15) is 6.04 Å². The van der Waals surface area contributed by atoms with Crippen molar-refractivity contribution in [2.45, 2.75) is 62.0 Å². The Hall–Kier alpha value is -0.950. The number of rotatable bonds is 3. The van der Waals surface area contributed by atoms with Crippen LogP contribution >= 0.6 is 11.8 Å². The topological polar surface area (TPSA) is 95.7 Å². The zero-order valence-corrected chi connectivity index (χ0v) is 12.8. The summed E-state index contributed by atoms with van der Waals surface area (Å²) in [5.41, 5.74) is 6.07. The number of aliphatic carboxylic acids is 1. The summed E-state index contributed by atoms with van der Waals surface area (Å²) in [4.78, 5) is 25.6. The highest BCUT2D eigenvalue weighted by molar-refractivity contribution is 8.00. The quantitative estimate of drug-likeness (QED) is 0.728. The van der Waals surface area contributed by atoms with Gasteiger partial charge in [0.25, 0.3) is 0 Å². The molecule has 0 aromatic rings. The predicted octanol–water partition coefficient (Wildman–Crippen LogP) is 1.20. The van der Waals surface area contributed by atoms with E-state index < -0.39 is 12.0 Å². The average molecular weight is 313 g/mol. The Labute approximate surface area is 128 Å². The van der Waals surface area contributed by atoms with Crippen molar-refractivity contribution in [3.8, 4) is 0 Å². The lowest BCUT2D eigenvalue weighted by molar-refractivity contribution is -0.141. The zero-order chi connectivity index (χ0) is 15.0. The molecule has 0 radical (unpaired) electrons. The Morgan fingerprint density at radius 1 is 1.19 bits per heavy atom. The summed E-state index contributed by atoms with van der Waals surface area (Å²) < 4.78 is 0. The van der Waals surface area contributed by atoms with Crippen molar-refractivity contribution >= 4 is 23.8 Å². The molecule has 3 rings (SSSR count). The summed E-state index contributed by atoms with van der Waals surface area (Å²) in [5.74, 6) is 0.0413. The van der Waals surface area contributed by atoms with Gasteiger partial charge in [0.15, 0.2) is 0 Å². The smallest absolute Gasteiger partial charge is 0.327 e. The van der Waals surface area contributed by atoms with Gasteiger partial charge >= 0.3 is 12.0 Å². The number of nitrogens with zero attached hydrogens (tertiary/aromatic N) is 1. The third kappa shape index (κ3) is 3.13. The monoisotopic (exact) mass is 313 g/mol. The molecule has 0 aromatic carbocycles. The molecule has 0 spiro atoms. The molecular formula is C14H23N3O3S. The van der Waals surface area contributed by atoms with Crippen LogP contribution < -0.4 is 11.1 Å². The van der Waals surface area contributed by atoms with Crippen molar-refractivity contribution in [3.63, 3.8) is 0 Å². The highest BCUT2D eigenvalue weighted by Gasteiger charge is 2.48. The van der Waals surface area contributed by atoms with E-state index >= 15 is 0 Å².